The molecule has 0 rings (SSSR count). The minimum Gasteiger partial charge on any atom is -0.396 e. The average molecular weight is 176 g/mol. The molecule has 1 nitrogen and oxygen atoms in total. The third-order valence-electron chi connectivity index (χ3n) is 1.53. The summed E-state index contributed by atoms with van der Waals surface area (Å²) in [6.45, 7) is 6.96. The Bertz CT molecular complexity index is 77.6. The normalized spacial score (nSPS) is 13.9. The van der Waals surface area contributed by atoms with Crippen LogP contribution in [0.2, 0.25) is 0 Å². The van der Waals surface area contributed by atoms with Gasteiger partial charge in [0.2, 0.25) is 0 Å². The van der Waals surface area contributed by atoms with Gasteiger partial charge in [0.1, 0.15) is 0 Å². The minimum atomic E-state index is 0.338. The quantitative estimate of drug-likeness (QED) is 0.671. The second-order valence-electron chi connectivity index (χ2n) is 3.11. The molecule has 1 N–H and O–H groups in total. The monoisotopic (exact) mass is 176 g/mol. The van der Waals surface area contributed by atoms with Crippen LogP contribution in [0.3, 0.4) is 0 Å². The highest BCUT2D eigenvalue weighted by molar-refractivity contribution is 8.00. The molecule has 0 spiro atoms. The van der Waals surface area contributed by atoms with Crippen LogP contribution in [0.1, 0.15) is 40.0 Å². The molecule has 0 aromatic heterocycles. The standard InChI is InChI=1S/C9H20OS/c1-4-5-9(6-7-10)11-8(2)3/h8-10H,4-7H2,1-3H3. The number of aliphatic hydroxyl groups is 1. The van der Waals surface area contributed by atoms with Crippen molar-refractivity contribution in [1.82, 2.24) is 0 Å². The fraction of sp³-hybridized carbons (Fsp3) is 1.00. The molecular formula is C9H20OS. The van der Waals surface area contributed by atoms with Gasteiger partial charge in [-0.3, -0.25) is 0 Å². The van der Waals surface area contributed by atoms with Crippen LogP contribution in [0, 0.1) is 0 Å². The molecule has 0 bridgehead atoms. The van der Waals surface area contributed by atoms with Crippen LogP contribution in [0.4, 0.5) is 0 Å². The molecule has 2 heteroatoms. The smallest absolute Gasteiger partial charge is 0.0441 e. The third kappa shape index (κ3) is 6.70. The van der Waals surface area contributed by atoms with E-state index >= 15 is 0 Å². The lowest BCUT2D eigenvalue weighted by atomic mass is 10.2. The Morgan fingerprint density at radius 2 is 1.91 bits per heavy atom. The molecule has 0 aliphatic carbocycles. The molecule has 0 radical (unpaired) electrons. The Morgan fingerprint density at radius 1 is 1.27 bits per heavy atom. The molecule has 0 aromatic rings. The molecule has 11 heavy (non-hydrogen) atoms. The lowest BCUT2D eigenvalue weighted by Gasteiger charge is -2.16. The van der Waals surface area contributed by atoms with Gasteiger partial charge < -0.3 is 5.11 Å². The van der Waals surface area contributed by atoms with Gasteiger partial charge in [0.15, 0.2) is 0 Å². The maximum Gasteiger partial charge on any atom is 0.0441 e. The molecule has 1 atom stereocenters. The summed E-state index contributed by atoms with van der Waals surface area (Å²) >= 11 is 1.99. The SMILES string of the molecule is CCCC(CCO)SC(C)C. The fourth-order valence-electron chi connectivity index (χ4n) is 1.13. The molecule has 0 fully saturated rings. The van der Waals surface area contributed by atoms with Crippen LogP contribution < -0.4 is 0 Å². The second kappa shape index (κ2) is 6.99. The van der Waals surface area contributed by atoms with Gasteiger partial charge in [-0.25, -0.2) is 0 Å². The van der Waals surface area contributed by atoms with Crippen molar-refractivity contribution >= 4 is 11.8 Å². The number of aliphatic hydroxyl groups excluding tert-OH is 1. The molecule has 68 valence electrons. The van der Waals surface area contributed by atoms with Crippen molar-refractivity contribution in [3.8, 4) is 0 Å². The molecular weight excluding hydrogens is 156 g/mol. The van der Waals surface area contributed by atoms with Crippen molar-refractivity contribution < 1.29 is 5.11 Å². The first-order valence-electron chi connectivity index (χ1n) is 4.47. The summed E-state index contributed by atoms with van der Waals surface area (Å²) in [6.07, 6.45) is 3.42. The number of hydrogen-bond donors (Lipinski definition) is 1. The number of hydrogen-bond acceptors (Lipinski definition) is 2. The summed E-state index contributed by atoms with van der Waals surface area (Å²) in [5, 5.41) is 10.1. The minimum absolute atomic E-state index is 0.338. The van der Waals surface area contributed by atoms with E-state index in [0.717, 1.165) is 6.42 Å². The predicted octanol–water partition coefficient (Wildman–Crippen LogP) is 2.68. The summed E-state index contributed by atoms with van der Waals surface area (Å²) in [5.74, 6) is 0. The highest BCUT2D eigenvalue weighted by atomic mass is 32.2. The Balaban J connectivity index is 3.50. The van der Waals surface area contributed by atoms with Crippen molar-refractivity contribution in [3.63, 3.8) is 0 Å². The van der Waals surface area contributed by atoms with Gasteiger partial charge in [0, 0.05) is 11.9 Å². The van der Waals surface area contributed by atoms with Crippen molar-refractivity contribution in [3.05, 3.63) is 0 Å². The summed E-state index contributed by atoms with van der Waals surface area (Å²) in [4.78, 5) is 0. The number of thioether (sulfide) groups is 1. The Kier molecular flexibility index (Phi) is 7.18. The maximum atomic E-state index is 8.76. The zero-order chi connectivity index (χ0) is 8.69. The highest BCUT2D eigenvalue weighted by Crippen LogP contribution is 2.23. The van der Waals surface area contributed by atoms with E-state index in [1.165, 1.54) is 12.8 Å². The molecule has 1 unspecified atom stereocenters. The lowest BCUT2D eigenvalue weighted by Crippen LogP contribution is -2.08. The molecule has 0 aromatic carbocycles. The zero-order valence-corrected chi connectivity index (χ0v) is 8.66. The lowest BCUT2D eigenvalue weighted by molar-refractivity contribution is 0.285. The predicted molar refractivity (Wildman–Crippen MR) is 53.1 cm³/mol. The van der Waals surface area contributed by atoms with E-state index in [1.54, 1.807) is 0 Å². The van der Waals surface area contributed by atoms with E-state index < -0.39 is 0 Å². The van der Waals surface area contributed by atoms with Gasteiger partial charge in [-0.1, -0.05) is 27.2 Å². The largest absolute Gasteiger partial charge is 0.396 e. The molecule has 0 amide bonds. The van der Waals surface area contributed by atoms with Crippen molar-refractivity contribution in [1.29, 1.82) is 0 Å². The molecule has 0 saturated carbocycles. The van der Waals surface area contributed by atoms with E-state index in [2.05, 4.69) is 20.8 Å². The summed E-state index contributed by atoms with van der Waals surface area (Å²) in [6, 6.07) is 0. The zero-order valence-electron chi connectivity index (χ0n) is 7.84. The molecule has 0 aliphatic rings. The topological polar surface area (TPSA) is 20.2 Å². The average Bonchev–Trinajstić information content (AvgIpc) is 1.87. The van der Waals surface area contributed by atoms with Gasteiger partial charge in [0.25, 0.3) is 0 Å². The van der Waals surface area contributed by atoms with Crippen LogP contribution in [-0.4, -0.2) is 22.2 Å². The highest BCUT2D eigenvalue weighted by Gasteiger charge is 2.08. The fourth-order valence-corrected chi connectivity index (χ4v) is 2.51. The Labute approximate surface area is 74.6 Å². The van der Waals surface area contributed by atoms with Crippen molar-refractivity contribution in [2.45, 2.75) is 50.5 Å². The first-order chi connectivity index (χ1) is 5.20. The van der Waals surface area contributed by atoms with Crippen LogP contribution in [0.25, 0.3) is 0 Å². The van der Waals surface area contributed by atoms with Crippen LogP contribution in [-0.2, 0) is 0 Å². The first kappa shape index (κ1) is 11.3. The third-order valence-corrected chi connectivity index (χ3v) is 2.93. The van der Waals surface area contributed by atoms with Gasteiger partial charge in [-0.05, 0) is 18.1 Å². The van der Waals surface area contributed by atoms with Crippen LogP contribution in [0.15, 0.2) is 0 Å². The first-order valence-corrected chi connectivity index (χ1v) is 5.41. The molecule has 0 heterocycles. The van der Waals surface area contributed by atoms with Crippen molar-refractivity contribution in [2.24, 2.45) is 0 Å². The van der Waals surface area contributed by atoms with Crippen molar-refractivity contribution in [2.75, 3.05) is 6.61 Å². The Morgan fingerprint density at radius 3 is 2.27 bits per heavy atom. The number of rotatable bonds is 6. The van der Waals surface area contributed by atoms with E-state index in [0.29, 0.717) is 17.1 Å². The second-order valence-corrected chi connectivity index (χ2v) is 4.99. The summed E-state index contributed by atoms with van der Waals surface area (Å²) in [7, 11) is 0. The van der Waals surface area contributed by atoms with E-state index in [4.69, 9.17) is 5.11 Å². The summed E-state index contributed by atoms with van der Waals surface area (Å²) < 4.78 is 0. The van der Waals surface area contributed by atoms with E-state index in [-0.39, 0.29) is 0 Å². The van der Waals surface area contributed by atoms with Crippen LogP contribution in [0.5, 0.6) is 0 Å². The van der Waals surface area contributed by atoms with Gasteiger partial charge in [-0.15, -0.1) is 0 Å². The van der Waals surface area contributed by atoms with Gasteiger partial charge >= 0.3 is 0 Å². The maximum absolute atomic E-state index is 8.76. The molecule has 0 aliphatic heterocycles. The van der Waals surface area contributed by atoms with Crippen LogP contribution >= 0.6 is 11.8 Å². The Hall–Kier alpha value is 0.310. The van der Waals surface area contributed by atoms with E-state index in [9.17, 15) is 0 Å². The summed E-state index contributed by atoms with van der Waals surface area (Å²) in [5.41, 5.74) is 0. The van der Waals surface area contributed by atoms with Gasteiger partial charge in [-0.2, -0.15) is 11.8 Å². The van der Waals surface area contributed by atoms with Gasteiger partial charge in [0.05, 0.1) is 0 Å². The molecule has 0 saturated heterocycles. The van der Waals surface area contributed by atoms with E-state index in [1.807, 2.05) is 11.8 Å².